The summed E-state index contributed by atoms with van der Waals surface area (Å²) in [6.45, 7) is 3.41. The van der Waals surface area contributed by atoms with Gasteiger partial charge in [0.25, 0.3) is 5.91 Å². The van der Waals surface area contributed by atoms with Gasteiger partial charge in [-0.2, -0.15) is 0 Å². The zero-order valence-electron chi connectivity index (χ0n) is 13.9. The minimum Gasteiger partial charge on any atom is -0.456 e. The maximum absolute atomic E-state index is 12.1. The fraction of sp³-hybridized carbons (Fsp3) is 0.529. The molecule has 0 spiro atoms. The first-order valence-corrected chi connectivity index (χ1v) is 9.67. The largest absolute Gasteiger partial charge is 0.456 e. The van der Waals surface area contributed by atoms with Crippen molar-refractivity contribution in [3.05, 3.63) is 29.8 Å². The Hall–Kier alpha value is -1.89. The van der Waals surface area contributed by atoms with Gasteiger partial charge in [0.05, 0.1) is 17.1 Å². The number of hydrogen-bond acceptors (Lipinski definition) is 5. The molecule has 0 radical (unpaired) electrons. The molecule has 132 valence electrons. The number of hydrogen-bond donors (Lipinski definition) is 1. The molecule has 1 amide bonds. The number of carbonyl (C=O) groups excluding carboxylic acids is 2. The van der Waals surface area contributed by atoms with Crippen LogP contribution in [-0.4, -0.2) is 38.7 Å². The summed E-state index contributed by atoms with van der Waals surface area (Å²) in [4.78, 5) is 23.5. The number of aryl methyl sites for hydroxylation is 1. The van der Waals surface area contributed by atoms with E-state index in [1.54, 1.807) is 12.1 Å². The van der Waals surface area contributed by atoms with Crippen molar-refractivity contribution in [1.29, 1.82) is 0 Å². The summed E-state index contributed by atoms with van der Waals surface area (Å²) in [5.41, 5.74) is 0.958. The Morgan fingerprint density at radius 2 is 1.88 bits per heavy atom. The quantitative estimate of drug-likeness (QED) is 0.717. The van der Waals surface area contributed by atoms with E-state index < -0.39 is 15.8 Å². The first kappa shape index (κ1) is 18.4. The average molecular weight is 353 g/mol. The molecule has 1 fully saturated rings. The summed E-state index contributed by atoms with van der Waals surface area (Å²) in [5, 5.41) is 2.77. The lowest BCUT2D eigenvalue weighted by atomic mass is 10.2. The third-order valence-corrected chi connectivity index (χ3v) is 5.77. The van der Waals surface area contributed by atoms with Gasteiger partial charge in [0.2, 0.25) is 0 Å². The van der Waals surface area contributed by atoms with Gasteiger partial charge in [-0.15, -0.1) is 0 Å². The van der Waals surface area contributed by atoms with Crippen LogP contribution in [0, 0.1) is 12.8 Å². The van der Waals surface area contributed by atoms with Crippen molar-refractivity contribution >= 4 is 21.7 Å². The van der Waals surface area contributed by atoms with Crippen molar-refractivity contribution in [3.8, 4) is 0 Å². The second-order valence-electron chi connectivity index (χ2n) is 6.24. The first-order valence-electron chi connectivity index (χ1n) is 8.02. The van der Waals surface area contributed by atoms with Gasteiger partial charge < -0.3 is 10.1 Å². The molecule has 0 unspecified atom stereocenters. The molecule has 0 bridgehead atoms. The average Bonchev–Trinajstić information content (AvgIpc) is 3.36. The van der Waals surface area contributed by atoms with Crippen molar-refractivity contribution < 1.29 is 22.7 Å². The summed E-state index contributed by atoms with van der Waals surface area (Å²) in [6.07, 6.45) is 1.94. The van der Waals surface area contributed by atoms with Gasteiger partial charge in [0.15, 0.2) is 16.4 Å². The summed E-state index contributed by atoms with van der Waals surface area (Å²) in [7, 11) is -3.53. The first-order chi connectivity index (χ1) is 11.3. The van der Waals surface area contributed by atoms with Gasteiger partial charge in [-0.1, -0.05) is 17.7 Å². The Bertz CT molecular complexity index is 692. The fourth-order valence-corrected chi connectivity index (χ4v) is 3.53. The van der Waals surface area contributed by atoms with Crippen LogP contribution >= 0.6 is 0 Å². The monoisotopic (exact) mass is 353 g/mol. The molecule has 2 rings (SSSR count). The molecule has 0 aliphatic heterocycles. The highest BCUT2D eigenvalue weighted by molar-refractivity contribution is 7.91. The molecule has 6 nitrogen and oxygen atoms in total. The maximum atomic E-state index is 12.1. The number of ether oxygens (including phenoxy) is 1. The van der Waals surface area contributed by atoms with Gasteiger partial charge >= 0.3 is 5.97 Å². The van der Waals surface area contributed by atoms with Gasteiger partial charge in [-0.05, 0) is 44.7 Å². The molecule has 0 aromatic heterocycles. The van der Waals surface area contributed by atoms with E-state index in [1.165, 1.54) is 12.1 Å². The molecule has 1 saturated carbocycles. The third-order valence-electron chi connectivity index (χ3n) is 4.04. The van der Waals surface area contributed by atoms with E-state index in [-0.39, 0.29) is 35.6 Å². The molecule has 0 heterocycles. The Morgan fingerprint density at radius 1 is 1.25 bits per heavy atom. The number of nitrogens with one attached hydrogen (secondary N) is 1. The lowest BCUT2D eigenvalue weighted by Gasteiger charge is -2.12. The highest BCUT2D eigenvalue weighted by Crippen LogP contribution is 2.32. The predicted molar refractivity (Wildman–Crippen MR) is 89.1 cm³/mol. The molecule has 1 aliphatic rings. The van der Waals surface area contributed by atoms with Gasteiger partial charge in [0.1, 0.15) is 0 Å². The predicted octanol–water partition coefficient (Wildman–Crippen LogP) is 1.62. The van der Waals surface area contributed by atoms with Crippen LogP contribution in [-0.2, 0) is 24.2 Å². The number of amides is 1. The molecular formula is C17H23NO5S. The van der Waals surface area contributed by atoms with E-state index in [1.807, 2.05) is 13.8 Å². The third kappa shape index (κ3) is 5.63. The zero-order valence-corrected chi connectivity index (χ0v) is 14.8. The molecule has 7 heteroatoms. The molecule has 1 aromatic carbocycles. The van der Waals surface area contributed by atoms with Crippen LogP contribution in [0.15, 0.2) is 29.2 Å². The highest BCUT2D eigenvalue weighted by Gasteiger charge is 2.29. The van der Waals surface area contributed by atoms with Crippen molar-refractivity contribution in [2.45, 2.75) is 44.0 Å². The second-order valence-corrected chi connectivity index (χ2v) is 8.35. The van der Waals surface area contributed by atoms with Gasteiger partial charge in [-0.25, -0.2) is 8.42 Å². The standard InChI is InChI=1S/C17H23NO5S/c1-12-3-7-15(8-4-12)24(21,22)10-9-17(20)23-11-16(19)18-13(2)14-5-6-14/h3-4,7-8,13-14H,5-6,9-11H2,1-2H3,(H,18,19)/t13-/m1/s1. The van der Waals surface area contributed by atoms with E-state index in [0.717, 1.165) is 18.4 Å². The van der Waals surface area contributed by atoms with Crippen LogP contribution in [0.5, 0.6) is 0 Å². The highest BCUT2D eigenvalue weighted by atomic mass is 32.2. The number of benzene rings is 1. The molecule has 1 N–H and O–H groups in total. The zero-order chi connectivity index (χ0) is 17.7. The molecule has 1 aliphatic carbocycles. The number of rotatable bonds is 8. The Balaban J connectivity index is 1.73. The van der Waals surface area contributed by atoms with Crippen LogP contribution in [0.25, 0.3) is 0 Å². The Morgan fingerprint density at radius 3 is 2.46 bits per heavy atom. The molecule has 1 atom stereocenters. The van der Waals surface area contributed by atoms with Crippen LogP contribution in [0.3, 0.4) is 0 Å². The number of carbonyl (C=O) groups is 2. The summed E-state index contributed by atoms with van der Waals surface area (Å²) in [5.74, 6) is -0.872. The Kier molecular flexibility index (Phi) is 5.99. The van der Waals surface area contributed by atoms with E-state index in [4.69, 9.17) is 4.74 Å². The van der Waals surface area contributed by atoms with Crippen LogP contribution in [0.1, 0.15) is 31.7 Å². The molecule has 0 saturated heterocycles. The maximum Gasteiger partial charge on any atom is 0.307 e. The normalized spacial score (nSPS) is 15.6. The number of esters is 1. The smallest absolute Gasteiger partial charge is 0.307 e. The lowest BCUT2D eigenvalue weighted by molar-refractivity contribution is -0.148. The van der Waals surface area contributed by atoms with Crippen LogP contribution in [0.4, 0.5) is 0 Å². The van der Waals surface area contributed by atoms with Crippen LogP contribution < -0.4 is 5.32 Å². The second kappa shape index (κ2) is 7.79. The topological polar surface area (TPSA) is 89.5 Å². The van der Waals surface area contributed by atoms with Crippen molar-refractivity contribution in [2.75, 3.05) is 12.4 Å². The SMILES string of the molecule is Cc1ccc(S(=O)(=O)CCC(=O)OCC(=O)N[C@H](C)C2CC2)cc1. The minimum absolute atomic E-state index is 0.0816. The summed E-state index contributed by atoms with van der Waals surface area (Å²) >= 11 is 0. The van der Waals surface area contributed by atoms with E-state index in [2.05, 4.69) is 5.32 Å². The fourth-order valence-electron chi connectivity index (χ4n) is 2.31. The number of sulfone groups is 1. The molecule has 24 heavy (non-hydrogen) atoms. The van der Waals surface area contributed by atoms with E-state index in [0.29, 0.717) is 5.92 Å². The van der Waals surface area contributed by atoms with Crippen molar-refractivity contribution in [2.24, 2.45) is 5.92 Å². The van der Waals surface area contributed by atoms with Crippen molar-refractivity contribution in [3.63, 3.8) is 0 Å². The summed E-state index contributed by atoms with van der Waals surface area (Å²) in [6, 6.07) is 6.52. The molecule has 1 aromatic rings. The van der Waals surface area contributed by atoms with E-state index in [9.17, 15) is 18.0 Å². The van der Waals surface area contributed by atoms with Gasteiger partial charge in [-0.3, -0.25) is 9.59 Å². The van der Waals surface area contributed by atoms with Gasteiger partial charge in [0, 0.05) is 6.04 Å². The van der Waals surface area contributed by atoms with Crippen LogP contribution in [0.2, 0.25) is 0 Å². The van der Waals surface area contributed by atoms with Crippen molar-refractivity contribution in [1.82, 2.24) is 5.32 Å². The van der Waals surface area contributed by atoms with E-state index >= 15 is 0 Å². The Labute approximate surface area is 142 Å². The molecular weight excluding hydrogens is 330 g/mol. The lowest BCUT2D eigenvalue weighted by Crippen LogP contribution is -2.37. The summed E-state index contributed by atoms with van der Waals surface area (Å²) < 4.78 is 29.1. The minimum atomic E-state index is -3.53.